The highest BCUT2D eigenvalue weighted by Gasteiger charge is 2.44. The van der Waals surface area contributed by atoms with E-state index in [0.717, 1.165) is 6.42 Å². The number of hydrogen-bond donors (Lipinski definition) is 5. The van der Waals surface area contributed by atoms with E-state index in [0.29, 0.717) is 11.8 Å². The molecule has 0 amide bonds. The Labute approximate surface area is 177 Å². The Morgan fingerprint density at radius 3 is 2.61 bits per heavy atom. The van der Waals surface area contributed by atoms with Gasteiger partial charge in [-0.25, -0.2) is 4.79 Å². The molecule has 0 bridgehead atoms. The molecule has 1 saturated heterocycles. The lowest BCUT2D eigenvalue weighted by atomic mass is 9.99. The van der Waals surface area contributed by atoms with Gasteiger partial charge in [0.25, 0.3) is 0 Å². The normalized spacial score (nSPS) is 26.4. The summed E-state index contributed by atoms with van der Waals surface area (Å²) in [7, 11) is 0. The van der Waals surface area contributed by atoms with Crippen LogP contribution in [0.5, 0.6) is 17.2 Å². The fourth-order valence-corrected chi connectivity index (χ4v) is 3.17. The highest BCUT2D eigenvalue weighted by Crippen LogP contribution is 2.34. The van der Waals surface area contributed by atoms with Crippen molar-refractivity contribution in [1.82, 2.24) is 0 Å². The minimum absolute atomic E-state index is 0.0180. The van der Waals surface area contributed by atoms with Crippen molar-refractivity contribution in [2.45, 2.75) is 50.5 Å². The van der Waals surface area contributed by atoms with Gasteiger partial charge in [0.05, 0.1) is 18.6 Å². The number of rotatable bonds is 8. The van der Waals surface area contributed by atoms with E-state index in [4.69, 9.17) is 18.6 Å². The second kappa shape index (κ2) is 10.1. The minimum Gasteiger partial charge on any atom is -0.499 e. The summed E-state index contributed by atoms with van der Waals surface area (Å²) in [6.07, 6.45) is -1.82. The minimum atomic E-state index is -1.59. The van der Waals surface area contributed by atoms with Crippen molar-refractivity contribution >= 4 is 11.0 Å². The quantitative estimate of drug-likeness (QED) is 0.222. The standard InChI is InChI=1S/C21H26O10/c1-2-3-4-5-8-28-19-12-7-6-11(9-13(12)30-20(27)18(19)26)29-21-17(25)16(24)15(23)14(10-22)31-21/h3-4,6-7,9,14-17,21-26H,2,5,8,10H2,1H3/t14-,15-,16+,17+,21-/m1/s1. The van der Waals surface area contributed by atoms with Gasteiger partial charge >= 0.3 is 5.63 Å². The van der Waals surface area contributed by atoms with Crippen molar-refractivity contribution in [1.29, 1.82) is 0 Å². The monoisotopic (exact) mass is 438 g/mol. The average Bonchev–Trinajstić information content (AvgIpc) is 2.76. The molecule has 1 aromatic heterocycles. The van der Waals surface area contributed by atoms with Crippen LogP contribution in [0, 0.1) is 0 Å². The van der Waals surface area contributed by atoms with Gasteiger partial charge in [0.1, 0.15) is 35.7 Å². The molecule has 1 aromatic carbocycles. The number of aromatic hydroxyl groups is 1. The topological polar surface area (TPSA) is 159 Å². The Morgan fingerprint density at radius 1 is 1.13 bits per heavy atom. The smallest absolute Gasteiger partial charge is 0.382 e. The molecule has 0 spiro atoms. The second-order valence-corrected chi connectivity index (χ2v) is 7.06. The van der Waals surface area contributed by atoms with Crippen LogP contribution in [0.15, 0.2) is 39.6 Å². The highest BCUT2D eigenvalue weighted by atomic mass is 16.7. The van der Waals surface area contributed by atoms with Gasteiger partial charge in [-0.3, -0.25) is 0 Å². The van der Waals surface area contributed by atoms with Crippen LogP contribution in [0.1, 0.15) is 19.8 Å². The van der Waals surface area contributed by atoms with Crippen molar-refractivity contribution in [3.05, 3.63) is 40.8 Å². The summed E-state index contributed by atoms with van der Waals surface area (Å²) in [4.78, 5) is 12.0. The van der Waals surface area contributed by atoms with Crippen LogP contribution in [0.3, 0.4) is 0 Å². The first-order chi connectivity index (χ1) is 14.9. The second-order valence-electron chi connectivity index (χ2n) is 7.06. The van der Waals surface area contributed by atoms with Gasteiger partial charge in [0.2, 0.25) is 12.0 Å². The first kappa shape index (κ1) is 23.0. The Balaban J connectivity index is 1.83. The predicted molar refractivity (Wildman–Crippen MR) is 108 cm³/mol. The summed E-state index contributed by atoms with van der Waals surface area (Å²) < 4.78 is 21.5. The first-order valence-corrected chi connectivity index (χ1v) is 9.92. The molecule has 0 aliphatic carbocycles. The maximum absolute atomic E-state index is 12.0. The van der Waals surface area contributed by atoms with Crippen molar-refractivity contribution in [2.75, 3.05) is 13.2 Å². The molecule has 2 aromatic rings. The molecule has 0 radical (unpaired) electrons. The summed E-state index contributed by atoms with van der Waals surface area (Å²) in [6, 6.07) is 4.29. The van der Waals surface area contributed by atoms with Gasteiger partial charge in [0, 0.05) is 6.07 Å². The third kappa shape index (κ3) is 5.00. The number of hydrogen-bond acceptors (Lipinski definition) is 10. The molecular formula is C21H26O10. The maximum Gasteiger partial charge on any atom is 0.382 e. The number of aliphatic hydroxyl groups is 4. The molecule has 1 fully saturated rings. The van der Waals surface area contributed by atoms with Crippen molar-refractivity contribution in [3.8, 4) is 17.2 Å². The van der Waals surface area contributed by atoms with Crippen LogP contribution in [-0.4, -0.2) is 69.5 Å². The van der Waals surface area contributed by atoms with Crippen LogP contribution in [-0.2, 0) is 4.74 Å². The molecule has 31 heavy (non-hydrogen) atoms. The summed E-state index contributed by atoms with van der Waals surface area (Å²) in [6.45, 7) is 1.65. The van der Waals surface area contributed by atoms with E-state index < -0.39 is 48.7 Å². The van der Waals surface area contributed by atoms with E-state index >= 15 is 0 Å². The third-order valence-electron chi connectivity index (χ3n) is 4.84. The summed E-state index contributed by atoms with van der Waals surface area (Å²) >= 11 is 0. The zero-order valence-electron chi connectivity index (χ0n) is 16.9. The summed E-state index contributed by atoms with van der Waals surface area (Å²) in [5.41, 5.74) is -0.930. The largest absolute Gasteiger partial charge is 0.499 e. The van der Waals surface area contributed by atoms with Gasteiger partial charge in [-0.05, 0) is 25.0 Å². The molecule has 2 heterocycles. The van der Waals surface area contributed by atoms with E-state index in [1.54, 1.807) is 0 Å². The first-order valence-electron chi connectivity index (χ1n) is 9.92. The number of ether oxygens (including phenoxy) is 3. The zero-order chi connectivity index (χ0) is 22.5. The molecule has 10 heteroatoms. The molecule has 5 N–H and O–H groups in total. The number of aliphatic hydroxyl groups excluding tert-OH is 4. The van der Waals surface area contributed by atoms with Crippen molar-refractivity contribution < 1.29 is 44.2 Å². The number of fused-ring (bicyclic) bond motifs is 1. The molecule has 3 rings (SSSR count). The predicted octanol–water partition coefficient (Wildman–Crippen LogP) is 0.412. The maximum atomic E-state index is 12.0. The van der Waals surface area contributed by atoms with Crippen molar-refractivity contribution in [2.24, 2.45) is 0 Å². The van der Waals surface area contributed by atoms with Gasteiger partial charge in [-0.2, -0.15) is 0 Å². The van der Waals surface area contributed by atoms with Crippen LogP contribution in [0.25, 0.3) is 11.0 Å². The fourth-order valence-electron chi connectivity index (χ4n) is 3.17. The van der Waals surface area contributed by atoms with Crippen LogP contribution in [0.4, 0.5) is 0 Å². The fraction of sp³-hybridized carbons (Fsp3) is 0.476. The van der Waals surface area contributed by atoms with Crippen LogP contribution < -0.4 is 15.1 Å². The summed E-state index contributed by atoms with van der Waals surface area (Å²) in [5.74, 6) is -0.549. The summed E-state index contributed by atoms with van der Waals surface area (Å²) in [5, 5.41) is 49.5. The van der Waals surface area contributed by atoms with Gasteiger partial charge in [0.15, 0.2) is 5.75 Å². The third-order valence-corrected chi connectivity index (χ3v) is 4.84. The van der Waals surface area contributed by atoms with E-state index in [9.17, 15) is 30.3 Å². The molecule has 5 atom stereocenters. The highest BCUT2D eigenvalue weighted by molar-refractivity contribution is 5.86. The lowest BCUT2D eigenvalue weighted by Crippen LogP contribution is -2.60. The molecular weight excluding hydrogens is 412 g/mol. The number of allylic oxidation sites excluding steroid dienone is 1. The molecule has 0 saturated carbocycles. The Kier molecular flexibility index (Phi) is 7.52. The lowest BCUT2D eigenvalue weighted by molar-refractivity contribution is -0.277. The van der Waals surface area contributed by atoms with Gasteiger partial charge in [-0.15, -0.1) is 0 Å². The molecule has 170 valence electrons. The van der Waals surface area contributed by atoms with Gasteiger partial charge in [-0.1, -0.05) is 19.1 Å². The number of benzene rings is 1. The van der Waals surface area contributed by atoms with E-state index in [1.807, 2.05) is 19.1 Å². The van der Waals surface area contributed by atoms with Crippen LogP contribution in [0.2, 0.25) is 0 Å². The molecule has 1 aliphatic rings. The molecule has 10 nitrogen and oxygen atoms in total. The van der Waals surface area contributed by atoms with Crippen molar-refractivity contribution in [3.63, 3.8) is 0 Å². The Bertz CT molecular complexity index is 967. The Morgan fingerprint density at radius 2 is 1.90 bits per heavy atom. The average molecular weight is 438 g/mol. The van der Waals surface area contributed by atoms with E-state index in [-0.39, 0.29) is 23.7 Å². The van der Waals surface area contributed by atoms with E-state index in [2.05, 4.69) is 0 Å². The van der Waals surface area contributed by atoms with E-state index in [1.165, 1.54) is 18.2 Å². The molecule has 1 aliphatic heterocycles. The molecule has 0 unspecified atom stereocenters. The van der Waals surface area contributed by atoms with Gasteiger partial charge < -0.3 is 44.2 Å². The van der Waals surface area contributed by atoms with Crippen LogP contribution >= 0.6 is 0 Å². The Hall–Kier alpha value is -2.63. The zero-order valence-corrected chi connectivity index (χ0v) is 16.9. The SMILES string of the molecule is CCC=CCCOc1c(O)c(=O)oc2cc(O[C@@H]3O[C@H](CO)[C@@H](O)[C@H](O)[C@@H]3O)ccc12. The lowest BCUT2D eigenvalue weighted by Gasteiger charge is -2.39.